The fourth-order valence-electron chi connectivity index (χ4n) is 2.65. The maximum Gasteiger partial charge on any atom is 0.228 e. The van der Waals surface area contributed by atoms with Gasteiger partial charge in [0.25, 0.3) is 0 Å². The number of anilines is 1. The number of pyridine rings is 1. The Morgan fingerprint density at radius 2 is 2.04 bits per heavy atom. The number of rotatable bonds is 5. The number of hydrogen-bond donors (Lipinski definition) is 1. The van der Waals surface area contributed by atoms with E-state index in [2.05, 4.69) is 10.3 Å². The summed E-state index contributed by atoms with van der Waals surface area (Å²) in [6.07, 6.45) is 3.93. The van der Waals surface area contributed by atoms with Crippen LogP contribution in [0.2, 0.25) is 5.02 Å². The molecule has 0 aliphatic carbocycles. The highest BCUT2D eigenvalue weighted by molar-refractivity contribution is 7.98. The van der Waals surface area contributed by atoms with E-state index in [-0.39, 0.29) is 12.3 Å². The van der Waals surface area contributed by atoms with Crippen LogP contribution in [0.25, 0.3) is 10.8 Å². The van der Waals surface area contributed by atoms with Gasteiger partial charge in [0.1, 0.15) is 0 Å². The van der Waals surface area contributed by atoms with Crippen molar-refractivity contribution in [3.8, 4) is 5.88 Å². The summed E-state index contributed by atoms with van der Waals surface area (Å²) in [5.74, 6) is 0.414. The van der Waals surface area contributed by atoms with Gasteiger partial charge in [-0.15, -0.1) is 11.8 Å². The number of amides is 1. The number of nitrogens with zero attached hydrogens (tertiary/aromatic N) is 1. The van der Waals surface area contributed by atoms with Crippen molar-refractivity contribution in [3.63, 3.8) is 0 Å². The van der Waals surface area contributed by atoms with Crippen LogP contribution in [0, 0.1) is 0 Å². The minimum absolute atomic E-state index is 0.123. The number of halogens is 1. The SMILES string of the molecule is COc1nccc2c(SC)cc(NC(=O)Cc3ccccc3Cl)cc12. The Hall–Kier alpha value is -2.24. The molecular formula is C19H17ClN2O2S. The normalized spacial score (nSPS) is 10.7. The zero-order valence-electron chi connectivity index (χ0n) is 13.9. The summed E-state index contributed by atoms with van der Waals surface area (Å²) in [5, 5.41) is 5.44. The molecule has 0 fully saturated rings. The number of hydrogen-bond acceptors (Lipinski definition) is 4. The first-order valence-electron chi connectivity index (χ1n) is 7.66. The minimum Gasteiger partial charge on any atom is -0.481 e. The summed E-state index contributed by atoms with van der Waals surface area (Å²) in [5.41, 5.74) is 1.51. The van der Waals surface area contributed by atoms with Gasteiger partial charge >= 0.3 is 0 Å². The lowest BCUT2D eigenvalue weighted by Gasteiger charge is -2.12. The van der Waals surface area contributed by atoms with Crippen molar-refractivity contribution in [3.05, 3.63) is 59.2 Å². The largest absolute Gasteiger partial charge is 0.481 e. The van der Waals surface area contributed by atoms with E-state index in [1.54, 1.807) is 31.1 Å². The predicted molar refractivity (Wildman–Crippen MR) is 104 cm³/mol. The van der Waals surface area contributed by atoms with E-state index in [1.807, 2.05) is 42.7 Å². The molecule has 1 N–H and O–H groups in total. The first-order chi connectivity index (χ1) is 12.1. The third kappa shape index (κ3) is 3.89. The van der Waals surface area contributed by atoms with Crippen LogP contribution in [0.15, 0.2) is 53.6 Å². The summed E-state index contributed by atoms with van der Waals surface area (Å²) in [6, 6.07) is 13.1. The molecule has 25 heavy (non-hydrogen) atoms. The van der Waals surface area contributed by atoms with Crippen LogP contribution in [0.3, 0.4) is 0 Å². The van der Waals surface area contributed by atoms with Gasteiger partial charge in [-0.1, -0.05) is 29.8 Å². The van der Waals surface area contributed by atoms with Gasteiger partial charge in [-0.05, 0) is 36.1 Å². The average Bonchev–Trinajstić information content (AvgIpc) is 2.62. The highest BCUT2D eigenvalue weighted by Crippen LogP contribution is 2.34. The second-order valence-corrected chi connectivity index (χ2v) is 6.67. The Balaban J connectivity index is 1.91. The van der Waals surface area contributed by atoms with Crippen molar-refractivity contribution in [2.45, 2.75) is 11.3 Å². The van der Waals surface area contributed by atoms with E-state index in [0.29, 0.717) is 16.6 Å². The van der Waals surface area contributed by atoms with E-state index in [4.69, 9.17) is 16.3 Å². The van der Waals surface area contributed by atoms with Crippen LogP contribution in [0.4, 0.5) is 5.69 Å². The second-order valence-electron chi connectivity index (χ2n) is 5.41. The lowest BCUT2D eigenvalue weighted by molar-refractivity contribution is -0.115. The van der Waals surface area contributed by atoms with Crippen LogP contribution in [-0.2, 0) is 11.2 Å². The average molecular weight is 373 g/mol. The van der Waals surface area contributed by atoms with E-state index in [9.17, 15) is 4.79 Å². The van der Waals surface area contributed by atoms with Crippen LogP contribution >= 0.6 is 23.4 Å². The van der Waals surface area contributed by atoms with Crippen LogP contribution in [0.1, 0.15) is 5.56 Å². The Kier molecular flexibility index (Phi) is 5.46. The van der Waals surface area contributed by atoms with Crippen molar-refractivity contribution in [2.75, 3.05) is 18.7 Å². The molecule has 1 aromatic heterocycles. The Bertz CT molecular complexity index is 930. The number of benzene rings is 2. The number of thioether (sulfide) groups is 1. The number of fused-ring (bicyclic) bond motifs is 1. The van der Waals surface area contributed by atoms with Crippen molar-refractivity contribution < 1.29 is 9.53 Å². The van der Waals surface area contributed by atoms with E-state index in [0.717, 1.165) is 21.2 Å². The van der Waals surface area contributed by atoms with Crippen LogP contribution < -0.4 is 10.1 Å². The van der Waals surface area contributed by atoms with Gasteiger partial charge in [-0.2, -0.15) is 0 Å². The third-order valence-electron chi connectivity index (χ3n) is 3.81. The summed E-state index contributed by atoms with van der Waals surface area (Å²) in [4.78, 5) is 17.7. The molecule has 0 unspecified atom stereocenters. The first-order valence-corrected chi connectivity index (χ1v) is 9.26. The Morgan fingerprint density at radius 1 is 1.24 bits per heavy atom. The molecule has 0 atom stereocenters. The van der Waals surface area contributed by atoms with Crippen molar-refractivity contribution >= 4 is 45.7 Å². The van der Waals surface area contributed by atoms with Crippen molar-refractivity contribution in [1.82, 2.24) is 4.98 Å². The number of nitrogens with one attached hydrogen (secondary N) is 1. The molecule has 0 saturated carbocycles. The number of carbonyl (C=O) groups is 1. The number of ether oxygens (including phenoxy) is 1. The molecule has 0 aliphatic heterocycles. The predicted octanol–water partition coefficient (Wildman–Crippen LogP) is 4.80. The number of methoxy groups -OCH3 is 1. The van der Waals surface area contributed by atoms with Crippen molar-refractivity contribution in [1.29, 1.82) is 0 Å². The highest BCUT2D eigenvalue weighted by Gasteiger charge is 2.12. The van der Waals surface area contributed by atoms with Gasteiger partial charge in [0.2, 0.25) is 11.8 Å². The molecule has 1 amide bonds. The smallest absolute Gasteiger partial charge is 0.228 e. The van der Waals surface area contributed by atoms with Gasteiger partial charge in [-0.3, -0.25) is 4.79 Å². The summed E-state index contributed by atoms with van der Waals surface area (Å²) in [6.45, 7) is 0. The molecule has 0 bridgehead atoms. The van der Waals surface area contributed by atoms with Gasteiger partial charge < -0.3 is 10.1 Å². The topological polar surface area (TPSA) is 51.2 Å². The summed E-state index contributed by atoms with van der Waals surface area (Å²) in [7, 11) is 1.59. The Morgan fingerprint density at radius 3 is 2.76 bits per heavy atom. The zero-order valence-corrected chi connectivity index (χ0v) is 15.4. The molecule has 2 aromatic carbocycles. The molecule has 4 nitrogen and oxygen atoms in total. The van der Waals surface area contributed by atoms with Crippen molar-refractivity contribution in [2.24, 2.45) is 0 Å². The first kappa shape index (κ1) is 17.6. The number of carbonyl (C=O) groups excluding carboxylic acids is 1. The summed E-state index contributed by atoms with van der Waals surface area (Å²) >= 11 is 7.74. The minimum atomic E-state index is -0.123. The fraction of sp³-hybridized carbons (Fsp3) is 0.158. The van der Waals surface area contributed by atoms with Gasteiger partial charge in [-0.25, -0.2) is 4.98 Å². The van der Waals surface area contributed by atoms with Gasteiger partial charge in [0, 0.05) is 32.6 Å². The molecule has 3 aromatic rings. The molecule has 128 valence electrons. The van der Waals surface area contributed by atoms with E-state index in [1.165, 1.54) is 0 Å². The lowest BCUT2D eigenvalue weighted by Crippen LogP contribution is -2.14. The molecule has 0 radical (unpaired) electrons. The zero-order chi connectivity index (χ0) is 17.8. The molecule has 0 saturated heterocycles. The standard InChI is InChI=1S/C19H17ClN2O2S/c1-24-19-15-10-13(11-17(25-2)14(15)7-8-21-19)22-18(23)9-12-5-3-4-6-16(12)20/h3-8,10-11H,9H2,1-2H3,(H,22,23). The fourth-order valence-corrected chi connectivity index (χ4v) is 3.49. The molecule has 0 aliphatic rings. The van der Waals surface area contributed by atoms with Crippen LogP contribution in [-0.4, -0.2) is 24.3 Å². The molecule has 3 rings (SSSR count). The molecule has 6 heteroatoms. The molecule has 1 heterocycles. The van der Waals surface area contributed by atoms with Crippen LogP contribution in [0.5, 0.6) is 5.88 Å². The third-order valence-corrected chi connectivity index (χ3v) is 4.96. The summed E-state index contributed by atoms with van der Waals surface area (Å²) < 4.78 is 5.35. The van der Waals surface area contributed by atoms with Gasteiger partial charge in [0.15, 0.2) is 0 Å². The molecular weight excluding hydrogens is 356 g/mol. The Labute approximate surface area is 155 Å². The monoisotopic (exact) mass is 372 g/mol. The maximum atomic E-state index is 12.4. The second kappa shape index (κ2) is 7.76. The molecule has 0 spiro atoms. The lowest BCUT2D eigenvalue weighted by atomic mass is 10.1. The quantitative estimate of drug-likeness (QED) is 0.653. The van der Waals surface area contributed by atoms with E-state index < -0.39 is 0 Å². The van der Waals surface area contributed by atoms with Gasteiger partial charge in [0.05, 0.1) is 13.5 Å². The highest BCUT2D eigenvalue weighted by atomic mass is 35.5. The number of aromatic nitrogens is 1. The maximum absolute atomic E-state index is 12.4. The van der Waals surface area contributed by atoms with E-state index >= 15 is 0 Å².